The first-order valence-corrected chi connectivity index (χ1v) is 11.8. The van der Waals surface area contributed by atoms with Gasteiger partial charge in [0.2, 0.25) is 5.91 Å². The molecular weight excluding hydrogens is 465 g/mol. The molecule has 1 N–H and O–H groups in total. The number of carbonyl (C=O) groups is 1. The van der Waals surface area contributed by atoms with Crippen molar-refractivity contribution in [1.82, 2.24) is 14.8 Å². The van der Waals surface area contributed by atoms with Gasteiger partial charge < -0.3 is 14.6 Å². The zero-order valence-corrected chi connectivity index (χ0v) is 20.1. The fourth-order valence-electron chi connectivity index (χ4n) is 3.58. The van der Waals surface area contributed by atoms with Gasteiger partial charge in [0.1, 0.15) is 11.6 Å². The summed E-state index contributed by atoms with van der Waals surface area (Å²) in [5.74, 6) is 1.31. The van der Waals surface area contributed by atoms with Crippen molar-refractivity contribution >= 4 is 23.4 Å². The Kier molecular flexibility index (Phi) is 8.60. The van der Waals surface area contributed by atoms with Gasteiger partial charge in [-0.15, -0.1) is 10.2 Å². The van der Waals surface area contributed by atoms with Crippen LogP contribution in [0.4, 0.5) is 18.9 Å². The van der Waals surface area contributed by atoms with E-state index in [2.05, 4.69) is 27.6 Å². The molecule has 0 unspecified atom stereocenters. The molecule has 0 atom stereocenters. The molecule has 0 aliphatic carbocycles. The van der Waals surface area contributed by atoms with E-state index >= 15 is 0 Å². The van der Waals surface area contributed by atoms with Gasteiger partial charge in [0, 0.05) is 18.7 Å². The van der Waals surface area contributed by atoms with Crippen molar-refractivity contribution in [3.05, 3.63) is 65.0 Å². The second-order valence-electron chi connectivity index (χ2n) is 7.72. The molecule has 3 rings (SSSR count). The standard InChI is InChI=1S/C24H27F3N4O2S/c1-4-31-21(10-5-7-17-11-12-20(33-3)16(2)13-17)29-30-23(31)34-15-22(32)28-19-9-6-8-18(14-19)24(25,26)27/h6,8-9,11-14H,4-5,7,10,15H2,1-3H3,(H,28,32). The fourth-order valence-corrected chi connectivity index (χ4v) is 4.40. The highest BCUT2D eigenvalue weighted by Gasteiger charge is 2.30. The van der Waals surface area contributed by atoms with Crippen LogP contribution < -0.4 is 10.1 Å². The number of rotatable bonds is 10. The van der Waals surface area contributed by atoms with E-state index in [-0.39, 0.29) is 11.4 Å². The maximum absolute atomic E-state index is 12.9. The zero-order valence-electron chi connectivity index (χ0n) is 19.3. The largest absolute Gasteiger partial charge is 0.496 e. The van der Waals surface area contributed by atoms with Gasteiger partial charge in [-0.25, -0.2) is 0 Å². The third-order valence-electron chi connectivity index (χ3n) is 5.24. The minimum absolute atomic E-state index is 0.0134. The lowest BCUT2D eigenvalue weighted by atomic mass is 10.0. The molecule has 34 heavy (non-hydrogen) atoms. The number of benzene rings is 2. The number of aromatic nitrogens is 3. The maximum atomic E-state index is 12.9. The molecule has 0 radical (unpaired) electrons. The van der Waals surface area contributed by atoms with E-state index < -0.39 is 17.6 Å². The van der Waals surface area contributed by atoms with Crippen LogP contribution in [0.1, 0.15) is 35.9 Å². The van der Waals surface area contributed by atoms with Gasteiger partial charge in [0.15, 0.2) is 5.16 Å². The molecule has 0 fully saturated rings. The lowest BCUT2D eigenvalue weighted by molar-refractivity contribution is -0.137. The van der Waals surface area contributed by atoms with E-state index in [0.29, 0.717) is 11.7 Å². The highest BCUT2D eigenvalue weighted by atomic mass is 32.2. The lowest BCUT2D eigenvalue weighted by Crippen LogP contribution is -2.15. The second kappa shape index (κ2) is 11.4. The predicted octanol–water partition coefficient (Wildman–Crippen LogP) is 5.54. The number of aryl methyl sites for hydroxylation is 3. The highest BCUT2D eigenvalue weighted by molar-refractivity contribution is 7.99. The number of amides is 1. The number of methoxy groups -OCH3 is 1. The number of hydrogen-bond donors (Lipinski definition) is 1. The van der Waals surface area contributed by atoms with Crippen LogP contribution in [0.2, 0.25) is 0 Å². The van der Waals surface area contributed by atoms with Crippen molar-refractivity contribution in [2.24, 2.45) is 0 Å². The normalized spacial score (nSPS) is 11.5. The minimum atomic E-state index is -4.46. The summed E-state index contributed by atoms with van der Waals surface area (Å²) in [4.78, 5) is 12.3. The van der Waals surface area contributed by atoms with Gasteiger partial charge in [-0.3, -0.25) is 4.79 Å². The Labute approximate surface area is 200 Å². The molecule has 1 amide bonds. The van der Waals surface area contributed by atoms with Crippen LogP contribution in [0.3, 0.4) is 0 Å². The average molecular weight is 493 g/mol. The summed E-state index contributed by atoms with van der Waals surface area (Å²) >= 11 is 1.21. The van der Waals surface area contributed by atoms with Crippen molar-refractivity contribution in [3.8, 4) is 5.75 Å². The molecule has 10 heteroatoms. The third-order valence-corrected chi connectivity index (χ3v) is 6.21. The van der Waals surface area contributed by atoms with Gasteiger partial charge in [-0.1, -0.05) is 30.0 Å². The van der Waals surface area contributed by atoms with Crippen LogP contribution in [0, 0.1) is 6.92 Å². The molecule has 1 aromatic heterocycles. The Balaban J connectivity index is 1.54. The monoisotopic (exact) mass is 492 g/mol. The Bertz CT molecular complexity index is 1130. The van der Waals surface area contributed by atoms with Crippen molar-refractivity contribution in [3.63, 3.8) is 0 Å². The van der Waals surface area contributed by atoms with Crippen molar-refractivity contribution < 1.29 is 22.7 Å². The van der Waals surface area contributed by atoms with Crippen LogP contribution >= 0.6 is 11.8 Å². The Morgan fingerprint density at radius 1 is 1.15 bits per heavy atom. The maximum Gasteiger partial charge on any atom is 0.416 e. The Hall–Kier alpha value is -3.01. The summed E-state index contributed by atoms with van der Waals surface area (Å²) in [5, 5.41) is 11.6. The molecule has 0 spiro atoms. The van der Waals surface area contributed by atoms with Crippen LogP contribution in [0.15, 0.2) is 47.6 Å². The fraction of sp³-hybridized carbons (Fsp3) is 0.375. The summed E-state index contributed by atoms with van der Waals surface area (Å²) in [5.41, 5.74) is 1.62. The SMILES string of the molecule is CCn1c(CCCc2ccc(OC)c(C)c2)nnc1SCC(=O)Nc1cccc(C(F)(F)F)c1. The van der Waals surface area contributed by atoms with Crippen molar-refractivity contribution in [2.75, 3.05) is 18.2 Å². The third kappa shape index (κ3) is 6.75. The smallest absolute Gasteiger partial charge is 0.416 e. The molecule has 0 saturated heterocycles. The number of hydrogen-bond acceptors (Lipinski definition) is 5. The number of nitrogens with zero attached hydrogens (tertiary/aromatic N) is 3. The molecule has 3 aromatic rings. The van der Waals surface area contributed by atoms with Gasteiger partial charge in [0.25, 0.3) is 0 Å². The van der Waals surface area contributed by atoms with E-state index in [9.17, 15) is 18.0 Å². The van der Waals surface area contributed by atoms with Crippen LogP contribution in [0.5, 0.6) is 5.75 Å². The summed E-state index contributed by atoms with van der Waals surface area (Å²) in [6.07, 6.45) is -1.94. The lowest BCUT2D eigenvalue weighted by Gasteiger charge is -2.10. The quantitative estimate of drug-likeness (QED) is 0.377. The first kappa shape index (κ1) is 25.6. The van der Waals surface area contributed by atoms with E-state index in [4.69, 9.17) is 4.74 Å². The van der Waals surface area contributed by atoms with Gasteiger partial charge in [0.05, 0.1) is 18.4 Å². The van der Waals surface area contributed by atoms with Gasteiger partial charge in [-0.2, -0.15) is 13.2 Å². The van der Waals surface area contributed by atoms with Crippen LogP contribution in [-0.2, 0) is 30.4 Å². The van der Waals surface area contributed by atoms with E-state index in [1.54, 1.807) is 7.11 Å². The van der Waals surface area contributed by atoms with Crippen molar-refractivity contribution in [2.45, 2.75) is 51.0 Å². The first-order valence-electron chi connectivity index (χ1n) is 10.9. The topological polar surface area (TPSA) is 69.0 Å². The van der Waals surface area contributed by atoms with Crippen LogP contribution in [-0.4, -0.2) is 33.5 Å². The molecule has 2 aromatic carbocycles. The number of anilines is 1. The Morgan fingerprint density at radius 3 is 2.62 bits per heavy atom. The molecule has 0 saturated carbocycles. The summed E-state index contributed by atoms with van der Waals surface area (Å²) in [7, 11) is 1.66. The number of alkyl halides is 3. The zero-order chi connectivity index (χ0) is 24.7. The van der Waals surface area contributed by atoms with E-state index in [1.807, 2.05) is 24.5 Å². The van der Waals surface area contributed by atoms with E-state index in [1.165, 1.54) is 29.5 Å². The molecule has 0 bridgehead atoms. The van der Waals surface area contributed by atoms with Crippen LogP contribution in [0.25, 0.3) is 0 Å². The number of ether oxygens (including phenoxy) is 1. The average Bonchev–Trinajstić information content (AvgIpc) is 3.19. The summed E-state index contributed by atoms with van der Waals surface area (Å²) in [6, 6.07) is 10.7. The summed E-state index contributed by atoms with van der Waals surface area (Å²) < 4.78 is 45.8. The first-order chi connectivity index (χ1) is 16.2. The van der Waals surface area contributed by atoms with Gasteiger partial charge >= 0.3 is 6.18 Å². The number of halogens is 3. The number of nitrogens with one attached hydrogen (secondary N) is 1. The molecular formula is C24H27F3N4O2S. The number of carbonyl (C=O) groups excluding carboxylic acids is 1. The molecule has 6 nitrogen and oxygen atoms in total. The predicted molar refractivity (Wildman–Crippen MR) is 126 cm³/mol. The molecule has 182 valence electrons. The molecule has 0 aliphatic heterocycles. The minimum Gasteiger partial charge on any atom is -0.496 e. The van der Waals surface area contributed by atoms with Gasteiger partial charge in [-0.05, 0) is 62.1 Å². The molecule has 1 heterocycles. The number of thioether (sulfide) groups is 1. The molecule has 0 aliphatic rings. The summed E-state index contributed by atoms with van der Waals surface area (Å²) in [6.45, 7) is 4.65. The van der Waals surface area contributed by atoms with E-state index in [0.717, 1.165) is 48.5 Å². The highest BCUT2D eigenvalue weighted by Crippen LogP contribution is 2.30. The second-order valence-corrected chi connectivity index (χ2v) is 8.66. The van der Waals surface area contributed by atoms with Crippen molar-refractivity contribution in [1.29, 1.82) is 0 Å². The Morgan fingerprint density at radius 2 is 1.94 bits per heavy atom.